The monoisotopic (exact) mass is 603 g/mol. The molecule has 0 fully saturated rings. The lowest BCUT2D eigenvalue weighted by atomic mass is 10.1. The Labute approximate surface area is 247 Å². The predicted molar refractivity (Wildman–Crippen MR) is 159 cm³/mol. The van der Waals surface area contributed by atoms with Gasteiger partial charge in [-0.3, -0.25) is 19.6 Å². The molecule has 218 valence electrons. The number of carbonyl (C=O) groups is 1. The zero-order valence-corrected chi connectivity index (χ0v) is 23.7. The number of aromatic nitrogens is 3. The highest BCUT2D eigenvalue weighted by Gasteiger charge is 2.21. The molecule has 0 aliphatic carbocycles. The van der Waals surface area contributed by atoms with E-state index in [1.54, 1.807) is 38.4 Å². The van der Waals surface area contributed by atoms with Crippen LogP contribution < -0.4 is 32.0 Å². The summed E-state index contributed by atoms with van der Waals surface area (Å²) in [5, 5.41) is 13.0. The summed E-state index contributed by atoms with van der Waals surface area (Å²) in [4.78, 5) is 39.6. The summed E-state index contributed by atoms with van der Waals surface area (Å²) in [6.07, 6.45) is 9.17. The Balaban J connectivity index is 1.43. The molecule has 0 atom stereocenters. The topological polar surface area (TPSA) is 133 Å². The van der Waals surface area contributed by atoms with Crippen LogP contribution in [0.1, 0.15) is 35.8 Å². The first-order chi connectivity index (χ1) is 20.7. The summed E-state index contributed by atoms with van der Waals surface area (Å²) in [5.41, 5.74) is 0.243. The van der Waals surface area contributed by atoms with Crippen molar-refractivity contribution in [1.82, 2.24) is 18.8 Å². The number of nitrogens with two attached hydrogens (primary N) is 1. The van der Waals surface area contributed by atoms with E-state index < -0.39 is 34.8 Å². The average molecular weight is 604 g/mol. The maximum absolute atomic E-state index is 15.2. The summed E-state index contributed by atoms with van der Waals surface area (Å²) in [5.74, 6) is -2.06. The molecule has 13 heteroatoms. The Hall–Kier alpha value is -5.43. The van der Waals surface area contributed by atoms with Crippen molar-refractivity contribution in [2.45, 2.75) is 19.9 Å². The van der Waals surface area contributed by atoms with Crippen LogP contribution in [0, 0.1) is 11.6 Å². The number of anilines is 1. The largest absolute Gasteiger partial charge is 0.452 e. The van der Waals surface area contributed by atoms with Gasteiger partial charge in [-0.25, -0.2) is 22.5 Å². The lowest BCUT2D eigenvalue weighted by molar-refractivity contribution is -0.104. The molecule has 43 heavy (non-hydrogen) atoms. The molecule has 1 aliphatic rings. The Morgan fingerprint density at radius 1 is 1.16 bits per heavy atom. The number of dihydropyridines is 1. The molecule has 0 spiro atoms. The van der Waals surface area contributed by atoms with E-state index in [0.717, 1.165) is 40.1 Å². The molecule has 1 amide bonds. The molecule has 4 N–H and O–H groups in total. The Morgan fingerprint density at radius 2 is 1.93 bits per heavy atom. The summed E-state index contributed by atoms with van der Waals surface area (Å²) < 4.78 is 40.7. The molecular weight excluding hydrogens is 578 g/mol. The van der Waals surface area contributed by atoms with Gasteiger partial charge in [-0.2, -0.15) is 0 Å². The predicted octanol–water partition coefficient (Wildman–Crippen LogP) is 3.19. The molecule has 5 rings (SSSR count). The van der Waals surface area contributed by atoms with Gasteiger partial charge in [0.2, 0.25) is 0 Å². The first kappa shape index (κ1) is 29.1. The number of ether oxygens (including phenoxy) is 1. The number of nitrogens with one attached hydrogen (secondary N) is 2. The highest BCUT2D eigenvalue weighted by Crippen LogP contribution is 2.29. The van der Waals surface area contributed by atoms with Gasteiger partial charge in [0.15, 0.2) is 23.5 Å². The van der Waals surface area contributed by atoms with Gasteiger partial charge in [-0.05, 0) is 67.9 Å². The van der Waals surface area contributed by atoms with Crippen LogP contribution in [0.5, 0.6) is 5.75 Å². The average Bonchev–Trinajstić information content (AvgIpc) is 3.51. The summed E-state index contributed by atoms with van der Waals surface area (Å²) in [7, 11) is 0. The Morgan fingerprint density at radius 3 is 2.58 bits per heavy atom. The van der Waals surface area contributed by atoms with Crippen molar-refractivity contribution in [2.24, 2.45) is 0 Å². The molecule has 2 aromatic heterocycles. The van der Waals surface area contributed by atoms with Crippen molar-refractivity contribution in [1.29, 1.82) is 0 Å². The maximum atomic E-state index is 15.2. The van der Waals surface area contributed by atoms with Gasteiger partial charge in [-0.15, -0.1) is 0 Å². The smallest absolute Gasteiger partial charge is 0.335 e. The van der Waals surface area contributed by atoms with Crippen LogP contribution in [0.4, 0.5) is 14.5 Å². The van der Waals surface area contributed by atoms with E-state index in [-0.39, 0.29) is 22.7 Å². The minimum atomic E-state index is -0.913. The zero-order chi connectivity index (χ0) is 30.7. The fraction of sp³-hybridized carbons (Fsp3) is 0.100. The van der Waals surface area contributed by atoms with E-state index in [4.69, 9.17) is 10.1 Å². The van der Waals surface area contributed by atoms with Crippen molar-refractivity contribution in [3.05, 3.63) is 134 Å². The Kier molecular flexibility index (Phi) is 8.25. The van der Waals surface area contributed by atoms with E-state index in [0.29, 0.717) is 11.5 Å². The van der Waals surface area contributed by atoms with Crippen molar-refractivity contribution in [3.63, 3.8) is 0 Å². The van der Waals surface area contributed by atoms with Gasteiger partial charge < -0.3 is 15.4 Å². The van der Waals surface area contributed by atoms with E-state index in [1.807, 2.05) is 5.38 Å². The van der Waals surface area contributed by atoms with Crippen molar-refractivity contribution in [2.75, 3.05) is 5.32 Å². The third-order valence-corrected chi connectivity index (χ3v) is 6.96. The number of rotatable bonds is 8. The molecule has 10 nitrogen and oxygen atoms in total. The summed E-state index contributed by atoms with van der Waals surface area (Å²) in [6.45, 7) is 3.41. The van der Waals surface area contributed by atoms with Gasteiger partial charge in [0.1, 0.15) is 11.4 Å². The van der Waals surface area contributed by atoms with Gasteiger partial charge in [0.25, 0.3) is 11.5 Å². The van der Waals surface area contributed by atoms with Gasteiger partial charge in [0.05, 0.1) is 11.4 Å². The van der Waals surface area contributed by atoms with Crippen LogP contribution in [0.15, 0.2) is 99.6 Å². The van der Waals surface area contributed by atoms with Crippen LogP contribution in [-0.4, -0.2) is 25.6 Å². The third-order valence-electron chi connectivity index (χ3n) is 6.37. The number of halogens is 2. The molecule has 0 radical (unpaired) electrons. The van der Waals surface area contributed by atoms with E-state index >= 15 is 4.39 Å². The minimum absolute atomic E-state index is 0.0385. The molecular formula is C30H25F2N6O4S+. The van der Waals surface area contributed by atoms with Crippen LogP contribution in [0.25, 0.3) is 11.3 Å². The molecule has 1 aliphatic heterocycles. The van der Waals surface area contributed by atoms with Crippen LogP contribution >= 0.6 is 11.5 Å². The number of hydrogen-bond acceptors (Lipinski definition) is 7. The van der Waals surface area contributed by atoms with Gasteiger partial charge in [0, 0.05) is 59.0 Å². The molecule has 0 saturated carbocycles. The summed E-state index contributed by atoms with van der Waals surface area (Å²) in [6, 6.07) is 8.08. The van der Waals surface area contributed by atoms with E-state index in [9.17, 15) is 18.8 Å². The van der Waals surface area contributed by atoms with Gasteiger partial charge in [-0.1, -0.05) is 0 Å². The molecule has 2 aromatic carbocycles. The lowest BCUT2D eigenvalue weighted by Gasteiger charge is -2.19. The molecule has 3 heterocycles. The molecule has 0 bridgehead atoms. The second-order valence-electron chi connectivity index (χ2n) is 9.58. The first-order valence-electron chi connectivity index (χ1n) is 12.9. The number of amides is 1. The highest BCUT2D eigenvalue weighted by molar-refractivity contribution is 7.03. The number of benzene rings is 2. The zero-order valence-electron chi connectivity index (χ0n) is 22.9. The summed E-state index contributed by atoms with van der Waals surface area (Å²) >= 11 is 1.28. The standard InChI is InChI=1S/C30H24F2N6O4S/c1-17(2)37-15-23(29(40)38(30(37)41)22-6-3-20(31)4-7-22)28(39)36-21-5-8-26(24(32)12-21)42-27-11-18(19-14-35-43-16-19)13-34-25(27)9-10-33/h3-17,33-34H,1-2H3,(H,36,39)/p+1/b25-9-,33-10?. The first-order valence-corrected chi connectivity index (χ1v) is 13.8. The molecule has 0 saturated heterocycles. The van der Waals surface area contributed by atoms with Gasteiger partial charge >= 0.3 is 5.69 Å². The van der Waals surface area contributed by atoms with Crippen LogP contribution in [-0.2, 0) is 0 Å². The molecule has 4 aromatic rings. The van der Waals surface area contributed by atoms with Crippen LogP contribution in [0.3, 0.4) is 0 Å². The quantitative estimate of drug-likeness (QED) is 0.265. The van der Waals surface area contributed by atoms with Crippen molar-refractivity contribution in [3.8, 4) is 11.4 Å². The second-order valence-corrected chi connectivity index (χ2v) is 10.2. The van der Waals surface area contributed by atoms with E-state index in [1.165, 1.54) is 46.6 Å². The number of allylic oxidation sites excluding steroid dienone is 3. The fourth-order valence-electron chi connectivity index (χ4n) is 4.21. The lowest BCUT2D eigenvalue weighted by Crippen LogP contribution is -2.42. The third kappa shape index (κ3) is 6.11. The maximum Gasteiger partial charge on any atom is 0.335 e. The van der Waals surface area contributed by atoms with Crippen LogP contribution in [0.2, 0.25) is 0 Å². The SMILES string of the molecule is CC(C)n1cc(C(=O)Nc2ccc(OC3=CC(c4cnsc4)=CN/C3=C\C=[NH2+])c(F)c2)c(=O)n(-c2ccc(F)cc2)c1=O. The highest BCUT2D eigenvalue weighted by atomic mass is 32.1. The van der Waals surface area contributed by atoms with E-state index in [2.05, 4.69) is 15.0 Å². The number of nitrogens with zero attached hydrogens (tertiary/aromatic N) is 3. The molecule has 0 unspecified atom stereocenters. The fourth-order valence-corrected chi connectivity index (χ4v) is 4.75. The minimum Gasteiger partial charge on any atom is -0.452 e. The number of carbonyl (C=O) groups excluding carboxylic acids is 1. The van der Waals surface area contributed by atoms with Crippen molar-refractivity contribution < 1.29 is 23.7 Å². The Bertz CT molecular complexity index is 1920. The van der Waals surface area contributed by atoms with Crippen molar-refractivity contribution >= 4 is 34.9 Å². The second kappa shape index (κ2) is 12.2. The number of hydrogen-bond donors (Lipinski definition) is 3. The normalized spacial score (nSPS) is 13.7.